The molecule has 1 saturated heterocycles. The first-order valence-corrected chi connectivity index (χ1v) is 9.81. The van der Waals surface area contributed by atoms with Gasteiger partial charge >= 0.3 is 0 Å². The molecule has 1 aliphatic rings. The topological polar surface area (TPSA) is 37.4 Å². The van der Waals surface area contributed by atoms with E-state index in [0.29, 0.717) is 14.9 Å². The lowest BCUT2D eigenvalue weighted by atomic mass is 10.0. The highest BCUT2D eigenvalue weighted by molar-refractivity contribution is 9.10. The third-order valence-corrected chi connectivity index (χ3v) is 5.84. The molecular formula is C21H13BrFNO2S. The molecule has 1 aliphatic heterocycles. The number of amides is 2. The Kier molecular flexibility index (Phi) is 4.85. The van der Waals surface area contributed by atoms with Crippen molar-refractivity contribution < 1.29 is 14.0 Å². The molecule has 1 fully saturated rings. The zero-order valence-corrected chi connectivity index (χ0v) is 16.4. The number of thioether (sulfide) groups is 1. The lowest BCUT2D eigenvalue weighted by Crippen LogP contribution is -2.27. The lowest BCUT2D eigenvalue weighted by Gasteiger charge is -2.14. The molecule has 0 radical (unpaired) electrons. The Morgan fingerprint density at radius 2 is 1.81 bits per heavy atom. The highest BCUT2D eigenvalue weighted by Gasteiger charge is 2.35. The molecule has 3 aromatic rings. The summed E-state index contributed by atoms with van der Waals surface area (Å²) in [4.78, 5) is 26.7. The minimum atomic E-state index is -0.379. The number of rotatable bonds is 3. The number of imide groups is 1. The van der Waals surface area contributed by atoms with Crippen molar-refractivity contribution in [2.45, 2.75) is 6.54 Å². The Morgan fingerprint density at radius 3 is 2.63 bits per heavy atom. The van der Waals surface area contributed by atoms with Crippen LogP contribution in [0.15, 0.2) is 70.0 Å². The van der Waals surface area contributed by atoms with E-state index < -0.39 is 0 Å². The van der Waals surface area contributed by atoms with Gasteiger partial charge < -0.3 is 0 Å². The van der Waals surface area contributed by atoms with E-state index in [0.717, 1.165) is 28.1 Å². The van der Waals surface area contributed by atoms with Crippen molar-refractivity contribution in [3.05, 3.63) is 87.0 Å². The molecule has 0 unspecified atom stereocenters. The summed E-state index contributed by atoms with van der Waals surface area (Å²) in [5, 5.41) is 1.78. The molecule has 0 saturated carbocycles. The van der Waals surface area contributed by atoms with E-state index >= 15 is 0 Å². The molecule has 0 aromatic heterocycles. The second-order valence-electron chi connectivity index (χ2n) is 6.08. The second-order valence-corrected chi connectivity index (χ2v) is 7.93. The van der Waals surface area contributed by atoms with E-state index in [1.807, 2.05) is 42.5 Å². The number of hydrogen-bond donors (Lipinski definition) is 0. The molecule has 1 heterocycles. The summed E-state index contributed by atoms with van der Waals surface area (Å²) in [6.45, 7) is 0.219. The number of halogens is 2. The molecule has 0 spiro atoms. The number of fused-ring (bicyclic) bond motifs is 1. The van der Waals surface area contributed by atoms with Gasteiger partial charge in [0.2, 0.25) is 0 Å². The molecule has 134 valence electrons. The standard InChI is InChI=1S/C21H13BrFNO2S/c22-17-10-13(8-9-18(17)23)11-19-20(25)24(21(26)27-19)12-15-6-3-5-14-4-1-2-7-16(14)15/h1-11H,12H2/b19-11-. The summed E-state index contributed by atoms with van der Waals surface area (Å²) in [6, 6.07) is 18.2. The van der Waals surface area contributed by atoms with E-state index in [9.17, 15) is 14.0 Å². The summed E-state index contributed by atoms with van der Waals surface area (Å²) >= 11 is 4.03. The first-order chi connectivity index (χ1) is 13.0. The lowest BCUT2D eigenvalue weighted by molar-refractivity contribution is -0.123. The Bertz CT molecular complexity index is 1110. The molecular weight excluding hydrogens is 429 g/mol. The summed E-state index contributed by atoms with van der Waals surface area (Å²) in [5.74, 6) is -0.713. The molecule has 0 atom stereocenters. The Hall–Kier alpha value is -2.44. The van der Waals surface area contributed by atoms with Crippen molar-refractivity contribution in [1.29, 1.82) is 0 Å². The first kappa shape index (κ1) is 17.9. The molecule has 3 nitrogen and oxygen atoms in total. The molecule has 6 heteroatoms. The van der Waals surface area contributed by atoms with Crippen molar-refractivity contribution in [2.75, 3.05) is 0 Å². The van der Waals surface area contributed by atoms with Crippen LogP contribution < -0.4 is 0 Å². The van der Waals surface area contributed by atoms with Gasteiger partial charge in [-0.1, -0.05) is 48.5 Å². The molecule has 0 aliphatic carbocycles. The molecule has 27 heavy (non-hydrogen) atoms. The molecule has 3 aromatic carbocycles. The SMILES string of the molecule is O=C1S/C(=C\c2ccc(F)c(Br)c2)C(=O)N1Cc1cccc2ccccc12. The highest BCUT2D eigenvalue weighted by atomic mass is 79.9. The van der Waals surface area contributed by atoms with E-state index in [4.69, 9.17) is 0 Å². The number of hydrogen-bond acceptors (Lipinski definition) is 3. The normalized spacial score (nSPS) is 15.9. The predicted octanol–water partition coefficient (Wildman–Crippen LogP) is 5.98. The van der Waals surface area contributed by atoms with Gasteiger partial charge in [-0.05, 0) is 67.8 Å². The second kappa shape index (κ2) is 7.29. The van der Waals surface area contributed by atoms with Crippen molar-refractivity contribution in [2.24, 2.45) is 0 Å². The van der Waals surface area contributed by atoms with Crippen molar-refractivity contribution in [3.8, 4) is 0 Å². The van der Waals surface area contributed by atoms with Gasteiger partial charge in [-0.25, -0.2) is 4.39 Å². The zero-order chi connectivity index (χ0) is 19.0. The maximum atomic E-state index is 13.4. The summed E-state index contributed by atoms with van der Waals surface area (Å²) < 4.78 is 13.7. The van der Waals surface area contributed by atoms with Crippen LogP contribution in [0, 0.1) is 5.82 Å². The van der Waals surface area contributed by atoms with Gasteiger partial charge in [0.1, 0.15) is 5.82 Å². The van der Waals surface area contributed by atoms with Crippen LogP contribution in [0.2, 0.25) is 0 Å². The van der Waals surface area contributed by atoms with Crippen LogP contribution >= 0.6 is 27.7 Å². The Morgan fingerprint density at radius 1 is 1.04 bits per heavy atom. The quantitative estimate of drug-likeness (QED) is 0.469. The van der Waals surface area contributed by atoms with E-state index in [1.54, 1.807) is 18.2 Å². The van der Waals surface area contributed by atoms with E-state index in [1.165, 1.54) is 11.0 Å². The van der Waals surface area contributed by atoms with E-state index in [2.05, 4.69) is 15.9 Å². The van der Waals surface area contributed by atoms with Gasteiger partial charge in [-0.2, -0.15) is 0 Å². The fourth-order valence-corrected chi connectivity index (χ4v) is 4.23. The summed E-state index contributed by atoms with van der Waals surface area (Å²) in [7, 11) is 0. The fraction of sp³-hybridized carbons (Fsp3) is 0.0476. The Balaban J connectivity index is 1.63. The number of benzene rings is 3. The van der Waals surface area contributed by atoms with Crippen LogP contribution in [0.3, 0.4) is 0 Å². The first-order valence-electron chi connectivity index (χ1n) is 8.20. The monoisotopic (exact) mass is 441 g/mol. The third kappa shape index (κ3) is 3.55. The molecule has 4 rings (SSSR count). The van der Waals surface area contributed by atoms with Gasteiger partial charge in [0, 0.05) is 0 Å². The maximum absolute atomic E-state index is 13.4. The van der Waals surface area contributed by atoms with Crippen LogP contribution in [0.25, 0.3) is 16.8 Å². The average molecular weight is 442 g/mol. The van der Waals surface area contributed by atoms with E-state index in [-0.39, 0.29) is 23.5 Å². The summed E-state index contributed by atoms with van der Waals surface area (Å²) in [5.41, 5.74) is 1.57. The summed E-state index contributed by atoms with van der Waals surface area (Å²) in [6.07, 6.45) is 1.61. The van der Waals surface area contributed by atoms with Crippen LogP contribution in [0.5, 0.6) is 0 Å². The number of carbonyl (C=O) groups excluding carboxylic acids is 2. The number of nitrogens with zero attached hydrogens (tertiary/aromatic N) is 1. The van der Waals surface area contributed by atoms with Gasteiger partial charge in [0.25, 0.3) is 11.1 Å². The molecule has 0 N–H and O–H groups in total. The van der Waals surface area contributed by atoms with Crippen molar-refractivity contribution in [3.63, 3.8) is 0 Å². The fourth-order valence-electron chi connectivity index (χ4n) is 2.99. The number of carbonyl (C=O) groups is 2. The molecule has 2 amide bonds. The van der Waals surface area contributed by atoms with Crippen molar-refractivity contribution in [1.82, 2.24) is 4.90 Å². The Labute approximate surface area is 168 Å². The van der Waals surface area contributed by atoms with Crippen LogP contribution in [-0.4, -0.2) is 16.0 Å². The van der Waals surface area contributed by atoms with Gasteiger partial charge in [0.05, 0.1) is 15.9 Å². The molecule has 0 bridgehead atoms. The maximum Gasteiger partial charge on any atom is 0.293 e. The third-order valence-electron chi connectivity index (χ3n) is 4.32. The van der Waals surface area contributed by atoms with Gasteiger partial charge in [-0.3, -0.25) is 14.5 Å². The van der Waals surface area contributed by atoms with Crippen LogP contribution in [0.4, 0.5) is 9.18 Å². The predicted molar refractivity (Wildman–Crippen MR) is 110 cm³/mol. The van der Waals surface area contributed by atoms with Gasteiger partial charge in [0.15, 0.2) is 0 Å². The van der Waals surface area contributed by atoms with Crippen molar-refractivity contribution >= 4 is 55.7 Å². The highest BCUT2D eigenvalue weighted by Crippen LogP contribution is 2.34. The smallest absolute Gasteiger partial charge is 0.268 e. The van der Waals surface area contributed by atoms with Crippen LogP contribution in [0.1, 0.15) is 11.1 Å². The minimum absolute atomic E-state index is 0.219. The zero-order valence-electron chi connectivity index (χ0n) is 14.0. The van der Waals surface area contributed by atoms with Gasteiger partial charge in [-0.15, -0.1) is 0 Å². The largest absolute Gasteiger partial charge is 0.293 e. The average Bonchev–Trinajstić information content (AvgIpc) is 2.92. The van der Waals surface area contributed by atoms with Crippen LogP contribution in [-0.2, 0) is 11.3 Å². The minimum Gasteiger partial charge on any atom is -0.268 e.